The lowest BCUT2D eigenvalue weighted by atomic mass is 9.75. The normalized spacial score (nSPS) is 24.4. The summed E-state index contributed by atoms with van der Waals surface area (Å²) in [4.78, 5) is 34.3. The maximum Gasteiger partial charge on any atom is 0.250 e. The summed E-state index contributed by atoms with van der Waals surface area (Å²) >= 11 is 0. The van der Waals surface area contributed by atoms with E-state index < -0.39 is 0 Å². The van der Waals surface area contributed by atoms with Gasteiger partial charge in [0.2, 0.25) is 0 Å². The van der Waals surface area contributed by atoms with Crippen LogP contribution < -0.4 is 16.4 Å². The molecule has 0 radical (unpaired) electrons. The predicted octanol–water partition coefficient (Wildman–Crippen LogP) is 4.01. The summed E-state index contributed by atoms with van der Waals surface area (Å²) in [6, 6.07) is 7.71. The van der Waals surface area contributed by atoms with Crippen LogP contribution in [-0.4, -0.2) is 51.0 Å². The number of hydrogen-bond donors (Lipinski definition) is 3. The number of hydrogen-bond acceptors (Lipinski definition) is 7. The number of nitrogens with one attached hydrogen (secondary N) is 2. The van der Waals surface area contributed by atoms with E-state index in [9.17, 15) is 9.59 Å². The molecule has 3 atom stereocenters. The molecule has 3 aromatic rings. The zero-order chi connectivity index (χ0) is 27.3. The lowest BCUT2D eigenvalue weighted by molar-refractivity contribution is -0.172. The maximum absolute atomic E-state index is 13.4. The summed E-state index contributed by atoms with van der Waals surface area (Å²) in [6.45, 7) is 6.96. The average molecular weight is 527 g/mol. The van der Waals surface area contributed by atoms with Crippen molar-refractivity contribution < 1.29 is 14.3 Å². The van der Waals surface area contributed by atoms with Gasteiger partial charge in [-0.1, -0.05) is 24.8 Å². The number of aryl methyl sites for hydroxylation is 1. The fourth-order valence-corrected chi connectivity index (χ4v) is 6.31. The van der Waals surface area contributed by atoms with E-state index in [0.29, 0.717) is 30.1 Å². The van der Waals surface area contributed by atoms with Crippen LogP contribution in [0.5, 0.6) is 0 Å². The number of ketones is 1. The highest BCUT2D eigenvalue weighted by Gasteiger charge is 2.54. The Morgan fingerprint density at radius 2 is 2.05 bits per heavy atom. The number of carbonyl (C=O) groups is 2. The summed E-state index contributed by atoms with van der Waals surface area (Å²) in [5, 5.41) is 7.21. The van der Waals surface area contributed by atoms with Crippen LogP contribution in [0.3, 0.4) is 0 Å². The molecule has 2 saturated heterocycles. The number of anilines is 2. The molecule has 3 aliphatic rings. The lowest BCUT2D eigenvalue weighted by Crippen LogP contribution is -2.67. The first-order valence-corrected chi connectivity index (χ1v) is 13.5. The Morgan fingerprint density at radius 3 is 2.67 bits per heavy atom. The van der Waals surface area contributed by atoms with Crippen molar-refractivity contribution in [3.63, 3.8) is 0 Å². The number of fused-ring (bicyclic) bond motifs is 1. The van der Waals surface area contributed by atoms with Crippen molar-refractivity contribution in [1.82, 2.24) is 19.9 Å². The molecule has 2 aromatic heterocycles. The van der Waals surface area contributed by atoms with Crippen molar-refractivity contribution in [3.05, 3.63) is 54.4 Å². The minimum atomic E-state index is -0.332. The first kappa shape index (κ1) is 25.5. The highest BCUT2D eigenvalue weighted by molar-refractivity contribution is 6.05. The molecule has 4 heterocycles. The highest BCUT2D eigenvalue weighted by atomic mass is 16.5. The average Bonchev–Trinajstić information content (AvgIpc) is 3.55. The van der Waals surface area contributed by atoms with Gasteiger partial charge in [0.15, 0.2) is 5.78 Å². The Hall–Kier alpha value is -3.82. The number of amides is 1. The van der Waals surface area contributed by atoms with Gasteiger partial charge in [-0.05, 0) is 68.8 Å². The number of aromatic nitrogens is 3. The van der Waals surface area contributed by atoms with Crippen LogP contribution >= 0.6 is 0 Å². The lowest BCUT2D eigenvalue weighted by Gasteiger charge is -2.47. The van der Waals surface area contributed by atoms with E-state index in [1.54, 1.807) is 6.92 Å². The second-order valence-corrected chi connectivity index (χ2v) is 11.0. The first-order chi connectivity index (χ1) is 18.8. The number of ether oxygens (including phenoxy) is 1. The Morgan fingerprint density at radius 1 is 1.26 bits per heavy atom. The van der Waals surface area contributed by atoms with E-state index in [-0.39, 0.29) is 29.3 Å². The van der Waals surface area contributed by atoms with E-state index in [2.05, 4.69) is 33.3 Å². The van der Waals surface area contributed by atoms with E-state index >= 15 is 0 Å². The quantitative estimate of drug-likeness (QED) is 0.415. The number of allylic oxidation sites excluding steroid dienone is 2. The highest BCUT2D eigenvalue weighted by Crippen LogP contribution is 2.44. The standard InChI is InChI=1S/C30H34N6O3/c1-17(2)29(38)35-21-11-9-19(10-12-21)24-22(23-27(31)32-16-33-28(23)36(24)3)18-5-7-20(8-6-18)25(37)26-30(15-39-26)13-4-14-34-30/h5,9-12,16,20,26,34H,1,4,6-8,13-15H2,2-3H3,(H,35,38)(H2,31,32,33). The topological polar surface area (TPSA) is 124 Å². The predicted molar refractivity (Wildman–Crippen MR) is 152 cm³/mol. The smallest absolute Gasteiger partial charge is 0.250 e. The zero-order valence-corrected chi connectivity index (χ0v) is 22.4. The van der Waals surface area contributed by atoms with Crippen molar-refractivity contribution in [3.8, 4) is 11.3 Å². The summed E-state index contributed by atoms with van der Waals surface area (Å²) < 4.78 is 7.84. The fraction of sp³-hybridized carbons (Fsp3) is 0.400. The molecular formula is C30H34N6O3. The molecule has 9 nitrogen and oxygen atoms in total. The molecule has 0 saturated carbocycles. The van der Waals surface area contributed by atoms with Gasteiger partial charge in [0.1, 0.15) is 23.9 Å². The van der Waals surface area contributed by atoms with Gasteiger partial charge in [-0.2, -0.15) is 0 Å². The van der Waals surface area contributed by atoms with E-state index in [0.717, 1.165) is 65.7 Å². The van der Waals surface area contributed by atoms with Crippen LogP contribution in [0.4, 0.5) is 11.5 Å². The minimum Gasteiger partial charge on any atom is -0.383 e. The van der Waals surface area contributed by atoms with Crippen molar-refractivity contribution in [1.29, 1.82) is 0 Å². The van der Waals surface area contributed by atoms with Crippen LogP contribution in [0.15, 0.2) is 48.8 Å². The Balaban J connectivity index is 1.33. The van der Waals surface area contributed by atoms with Crippen molar-refractivity contribution in [2.24, 2.45) is 13.0 Å². The van der Waals surface area contributed by atoms with Gasteiger partial charge in [-0.15, -0.1) is 0 Å². The van der Waals surface area contributed by atoms with Gasteiger partial charge in [-0.25, -0.2) is 9.97 Å². The van der Waals surface area contributed by atoms with Crippen LogP contribution in [0.25, 0.3) is 27.9 Å². The fourth-order valence-electron chi connectivity index (χ4n) is 6.31. The molecule has 1 aliphatic carbocycles. The molecule has 1 amide bonds. The Bertz CT molecular complexity index is 1510. The van der Waals surface area contributed by atoms with Gasteiger partial charge in [0.25, 0.3) is 5.91 Å². The van der Waals surface area contributed by atoms with Gasteiger partial charge in [-0.3, -0.25) is 9.59 Å². The number of rotatable bonds is 6. The van der Waals surface area contributed by atoms with Crippen LogP contribution in [0.2, 0.25) is 0 Å². The SMILES string of the molecule is C=C(C)C(=O)Nc1ccc(-c2c(C3=CCC(C(=O)C4OCC45CCCN5)CC3)c3c(N)ncnc3n2C)cc1. The molecule has 202 valence electrons. The van der Waals surface area contributed by atoms with Gasteiger partial charge in [0, 0.05) is 29.8 Å². The van der Waals surface area contributed by atoms with E-state index in [1.807, 2.05) is 35.9 Å². The second kappa shape index (κ2) is 9.73. The number of nitrogens with two attached hydrogens (primary N) is 1. The van der Waals surface area contributed by atoms with Gasteiger partial charge >= 0.3 is 0 Å². The number of benzene rings is 1. The summed E-state index contributed by atoms with van der Waals surface area (Å²) in [5.41, 5.74) is 12.2. The van der Waals surface area contributed by atoms with E-state index in [1.165, 1.54) is 6.33 Å². The summed E-state index contributed by atoms with van der Waals surface area (Å²) in [6.07, 6.45) is 7.61. The summed E-state index contributed by atoms with van der Waals surface area (Å²) in [5.74, 6) is 0.383. The monoisotopic (exact) mass is 526 g/mol. The van der Waals surface area contributed by atoms with Crippen molar-refractivity contribution >= 4 is 39.8 Å². The molecular weight excluding hydrogens is 492 g/mol. The Labute approximate surface area is 227 Å². The van der Waals surface area contributed by atoms with Crippen molar-refractivity contribution in [2.45, 2.75) is 50.7 Å². The molecule has 3 unspecified atom stereocenters. The molecule has 9 heteroatoms. The maximum atomic E-state index is 13.4. The third-order valence-electron chi connectivity index (χ3n) is 8.48. The van der Waals surface area contributed by atoms with Crippen LogP contribution in [-0.2, 0) is 21.4 Å². The van der Waals surface area contributed by atoms with E-state index in [4.69, 9.17) is 10.5 Å². The molecule has 6 rings (SSSR count). The molecule has 39 heavy (non-hydrogen) atoms. The molecule has 2 fully saturated rings. The Kier molecular flexibility index (Phi) is 6.35. The van der Waals surface area contributed by atoms with Gasteiger partial charge in [0.05, 0.1) is 23.2 Å². The molecule has 4 N–H and O–H groups in total. The van der Waals surface area contributed by atoms with Crippen LogP contribution in [0, 0.1) is 5.92 Å². The molecule has 1 aromatic carbocycles. The van der Waals surface area contributed by atoms with Crippen LogP contribution in [0.1, 0.15) is 44.6 Å². The third kappa shape index (κ3) is 4.26. The third-order valence-corrected chi connectivity index (χ3v) is 8.48. The number of Topliss-reactive ketones (excluding diaryl/α,β-unsaturated/α-hetero) is 1. The second-order valence-electron chi connectivity index (χ2n) is 11.0. The molecule has 2 aliphatic heterocycles. The molecule has 1 spiro atoms. The number of carbonyl (C=O) groups excluding carboxylic acids is 2. The first-order valence-electron chi connectivity index (χ1n) is 13.5. The summed E-state index contributed by atoms with van der Waals surface area (Å²) in [7, 11) is 1.97. The number of nitrogen functional groups attached to an aromatic ring is 1. The zero-order valence-electron chi connectivity index (χ0n) is 22.4. The van der Waals surface area contributed by atoms with Crippen molar-refractivity contribution in [2.75, 3.05) is 24.2 Å². The van der Waals surface area contributed by atoms with Gasteiger partial charge < -0.3 is 25.7 Å². The number of nitrogens with zero attached hydrogens (tertiary/aromatic N) is 3. The minimum absolute atomic E-state index is 0.0541. The largest absolute Gasteiger partial charge is 0.383 e. The molecule has 0 bridgehead atoms.